The lowest BCUT2D eigenvalue weighted by Gasteiger charge is -2.05. The third kappa shape index (κ3) is 2.86. The van der Waals surface area contributed by atoms with Gasteiger partial charge in [0.05, 0.1) is 11.9 Å². The summed E-state index contributed by atoms with van der Waals surface area (Å²) in [5.41, 5.74) is 4.51. The number of benzene rings is 2. The number of aromatic nitrogens is 2. The zero-order valence-electron chi connectivity index (χ0n) is 11.4. The zero-order valence-corrected chi connectivity index (χ0v) is 11.4. The largest absolute Gasteiger partial charge is 0.259 e. The van der Waals surface area contributed by atoms with Crippen LogP contribution in [0.15, 0.2) is 59.8 Å². The number of nitrogens with zero attached hydrogens (tertiary/aromatic N) is 3. The van der Waals surface area contributed by atoms with Gasteiger partial charge in [0, 0.05) is 10.8 Å². The van der Waals surface area contributed by atoms with Gasteiger partial charge in [-0.1, -0.05) is 36.4 Å². The fourth-order valence-corrected chi connectivity index (χ4v) is 2.00. The molecule has 0 atom stereocenters. The van der Waals surface area contributed by atoms with Gasteiger partial charge in [-0.25, -0.2) is 4.39 Å². The maximum absolute atomic E-state index is 12.9. The first kappa shape index (κ1) is 13.2. The Bertz CT molecular complexity index is 791. The summed E-state index contributed by atoms with van der Waals surface area (Å²) in [7, 11) is 0. The number of nitrogens with one attached hydrogen (secondary N) is 1. The molecule has 3 rings (SSSR count). The van der Waals surface area contributed by atoms with Crippen LogP contribution >= 0.6 is 0 Å². The lowest BCUT2D eigenvalue weighted by molar-refractivity contribution is 0.628. The SMILES string of the molecule is C/C(=N\Nc1nncc2ccccc12)c1ccc(F)cc1. The predicted octanol–water partition coefficient (Wildman–Crippen LogP) is 3.61. The van der Waals surface area contributed by atoms with Gasteiger partial charge >= 0.3 is 0 Å². The molecule has 5 heteroatoms. The second-order valence-electron chi connectivity index (χ2n) is 4.60. The lowest BCUT2D eigenvalue weighted by atomic mass is 10.1. The topological polar surface area (TPSA) is 50.2 Å². The molecule has 0 aliphatic rings. The van der Waals surface area contributed by atoms with Crippen molar-refractivity contribution in [3.05, 3.63) is 66.1 Å². The highest BCUT2D eigenvalue weighted by molar-refractivity contribution is 5.99. The lowest BCUT2D eigenvalue weighted by Crippen LogP contribution is -2.02. The van der Waals surface area contributed by atoms with E-state index in [-0.39, 0.29) is 5.82 Å². The molecule has 21 heavy (non-hydrogen) atoms. The fourth-order valence-electron chi connectivity index (χ4n) is 2.00. The summed E-state index contributed by atoms with van der Waals surface area (Å²) in [6.45, 7) is 1.85. The number of hydrazone groups is 1. The first-order chi connectivity index (χ1) is 10.2. The number of hydrogen-bond acceptors (Lipinski definition) is 4. The fraction of sp³-hybridized carbons (Fsp3) is 0.0625. The van der Waals surface area contributed by atoms with E-state index >= 15 is 0 Å². The molecule has 0 fully saturated rings. The maximum atomic E-state index is 12.9. The Kier molecular flexibility index (Phi) is 3.55. The molecule has 0 radical (unpaired) electrons. The van der Waals surface area contributed by atoms with E-state index in [4.69, 9.17) is 0 Å². The zero-order chi connectivity index (χ0) is 14.7. The minimum atomic E-state index is -0.264. The molecule has 0 amide bonds. The Morgan fingerprint density at radius 3 is 2.67 bits per heavy atom. The Morgan fingerprint density at radius 2 is 1.86 bits per heavy atom. The molecule has 0 spiro atoms. The molecule has 1 N–H and O–H groups in total. The molecule has 0 aliphatic heterocycles. The van der Waals surface area contributed by atoms with Crippen molar-refractivity contribution in [3.63, 3.8) is 0 Å². The van der Waals surface area contributed by atoms with Crippen LogP contribution in [-0.4, -0.2) is 15.9 Å². The van der Waals surface area contributed by atoms with Crippen LogP contribution in [0.4, 0.5) is 10.2 Å². The van der Waals surface area contributed by atoms with Gasteiger partial charge < -0.3 is 0 Å². The summed E-state index contributed by atoms with van der Waals surface area (Å²) in [6.07, 6.45) is 1.71. The molecule has 0 unspecified atom stereocenters. The molecule has 1 heterocycles. The second kappa shape index (κ2) is 5.66. The standard InChI is InChI=1S/C16H13FN4/c1-11(12-6-8-14(17)9-7-12)19-21-16-15-5-3-2-4-13(15)10-18-20-16/h2-10H,1H3,(H,20,21)/b19-11+. The van der Waals surface area contributed by atoms with Gasteiger partial charge in [-0.3, -0.25) is 5.43 Å². The Labute approximate surface area is 121 Å². The van der Waals surface area contributed by atoms with E-state index in [1.807, 2.05) is 31.2 Å². The van der Waals surface area contributed by atoms with Crippen molar-refractivity contribution in [2.24, 2.45) is 5.10 Å². The molecule has 3 aromatic rings. The van der Waals surface area contributed by atoms with E-state index in [9.17, 15) is 4.39 Å². The first-order valence-corrected chi connectivity index (χ1v) is 6.51. The Morgan fingerprint density at radius 1 is 1.10 bits per heavy atom. The molecule has 2 aromatic carbocycles. The van der Waals surface area contributed by atoms with E-state index in [0.29, 0.717) is 5.82 Å². The van der Waals surface area contributed by atoms with Gasteiger partial charge in [-0.2, -0.15) is 10.2 Å². The highest BCUT2D eigenvalue weighted by Gasteiger charge is 2.02. The van der Waals surface area contributed by atoms with Crippen LogP contribution < -0.4 is 5.43 Å². The molecule has 104 valence electrons. The Balaban J connectivity index is 1.88. The normalized spacial score (nSPS) is 11.6. The Hall–Kier alpha value is -2.82. The molecule has 1 aromatic heterocycles. The molecule has 0 saturated carbocycles. The molecular weight excluding hydrogens is 267 g/mol. The van der Waals surface area contributed by atoms with Crippen LogP contribution in [-0.2, 0) is 0 Å². The quantitative estimate of drug-likeness (QED) is 0.589. The van der Waals surface area contributed by atoms with E-state index in [1.165, 1.54) is 12.1 Å². The predicted molar refractivity (Wildman–Crippen MR) is 81.8 cm³/mol. The van der Waals surface area contributed by atoms with Crippen LogP contribution in [0.1, 0.15) is 12.5 Å². The number of rotatable bonds is 3. The van der Waals surface area contributed by atoms with Crippen LogP contribution in [0.2, 0.25) is 0 Å². The summed E-state index contributed by atoms with van der Waals surface area (Å²) in [5.74, 6) is 0.328. The molecular formula is C16H13FN4. The molecule has 4 nitrogen and oxygen atoms in total. The van der Waals surface area contributed by atoms with Crippen LogP contribution in [0.25, 0.3) is 10.8 Å². The van der Waals surface area contributed by atoms with Crippen molar-refractivity contribution < 1.29 is 4.39 Å². The van der Waals surface area contributed by atoms with Crippen LogP contribution in [0.3, 0.4) is 0 Å². The van der Waals surface area contributed by atoms with E-state index in [2.05, 4.69) is 20.7 Å². The molecule has 0 saturated heterocycles. The van der Waals surface area contributed by atoms with Crippen molar-refractivity contribution in [2.75, 3.05) is 5.43 Å². The van der Waals surface area contributed by atoms with Gasteiger partial charge in [-0.05, 0) is 24.6 Å². The molecule has 0 aliphatic carbocycles. The monoisotopic (exact) mass is 280 g/mol. The number of halogens is 1. The van der Waals surface area contributed by atoms with Gasteiger partial charge in [0.1, 0.15) is 5.82 Å². The van der Waals surface area contributed by atoms with Crippen LogP contribution in [0.5, 0.6) is 0 Å². The van der Waals surface area contributed by atoms with Gasteiger partial charge in [-0.15, -0.1) is 5.10 Å². The summed E-state index contributed by atoms with van der Waals surface area (Å²) in [5, 5.41) is 14.2. The first-order valence-electron chi connectivity index (χ1n) is 6.51. The number of hydrogen-bond donors (Lipinski definition) is 1. The van der Waals surface area contributed by atoms with E-state index < -0.39 is 0 Å². The third-order valence-electron chi connectivity index (χ3n) is 3.16. The highest BCUT2D eigenvalue weighted by Crippen LogP contribution is 2.19. The van der Waals surface area contributed by atoms with Crippen molar-refractivity contribution in [1.29, 1.82) is 0 Å². The van der Waals surface area contributed by atoms with Gasteiger partial charge in [0.15, 0.2) is 5.82 Å². The molecule has 0 bridgehead atoms. The highest BCUT2D eigenvalue weighted by atomic mass is 19.1. The minimum absolute atomic E-state index is 0.264. The van der Waals surface area contributed by atoms with E-state index in [0.717, 1.165) is 22.0 Å². The van der Waals surface area contributed by atoms with Gasteiger partial charge in [0.2, 0.25) is 0 Å². The average Bonchev–Trinajstić information content (AvgIpc) is 2.53. The number of anilines is 1. The second-order valence-corrected chi connectivity index (χ2v) is 4.60. The smallest absolute Gasteiger partial charge is 0.176 e. The summed E-state index contributed by atoms with van der Waals surface area (Å²) in [6, 6.07) is 14.0. The minimum Gasteiger partial charge on any atom is -0.259 e. The average molecular weight is 280 g/mol. The van der Waals surface area contributed by atoms with Crippen LogP contribution in [0, 0.1) is 5.82 Å². The summed E-state index contributed by atoms with van der Waals surface area (Å²) < 4.78 is 12.9. The summed E-state index contributed by atoms with van der Waals surface area (Å²) in [4.78, 5) is 0. The number of fused-ring (bicyclic) bond motifs is 1. The van der Waals surface area contributed by atoms with Crippen molar-refractivity contribution in [1.82, 2.24) is 10.2 Å². The van der Waals surface area contributed by atoms with Crippen molar-refractivity contribution in [3.8, 4) is 0 Å². The third-order valence-corrected chi connectivity index (χ3v) is 3.16. The van der Waals surface area contributed by atoms with Gasteiger partial charge in [0.25, 0.3) is 0 Å². The van der Waals surface area contributed by atoms with E-state index in [1.54, 1.807) is 18.3 Å². The van der Waals surface area contributed by atoms with Crippen molar-refractivity contribution in [2.45, 2.75) is 6.92 Å². The summed E-state index contributed by atoms with van der Waals surface area (Å²) >= 11 is 0. The van der Waals surface area contributed by atoms with Crippen molar-refractivity contribution >= 4 is 22.3 Å². The maximum Gasteiger partial charge on any atom is 0.176 e.